The standard InChI is InChI=1S/C32H25N/c1-23(24-16-18-26(19-17-24)25-10-4-2-5-11-25)27-20-21-30-29-14-8-9-15-31(29)33(32(30)22-27)28-12-6-3-7-13-28/h2-23H,1H3/t23-/m1/s1. The van der Waals surface area contributed by atoms with Gasteiger partial charge in [-0.3, -0.25) is 0 Å². The fraction of sp³-hybridized carbons (Fsp3) is 0.0625. The third-order valence-corrected chi connectivity index (χ3v) is 6.73. The van der Waals surface area contributed by atoms with Crippen molar-refractivity contribution in [1.82, 2.24) is 4.57 Å². The second kappa shape index (κ2) is 8.11. The highest BCUT2D eigenvalue weighted by atomic mass is 15.0. The van der Waals surface area contributed by atoms with E-state index in [0.717, 1.165) is 0 Å². The van der Waals surface area contributed by atoms with Crippen molar-refractivity contribution in [3.63, 3.8) is 0 Å². The third-order valence-electron chi connectivity index (χ3n) is 6.73. The largest absolute Gasteiger partial charge is 0.309 e. The average Bonchev–Trinajstić information content (AvgIpc) is 3.23. The van der Waals surface area contributed by atoms with Crippen LogP contribution in [-0.4, -0.2) is 4.57 Å². The molecule has 0 aliphatic carbocycles. The first-order valence-corrected chi connectivity index (χ1v) is 11.5. The van der Waals surface area contributed by atoms with Crippen LogP contribution in [0.5, 0.6) is 0 Å². The Morgan fingerprint density at radius 3 is 1.82 bits per heavy atom. The highest BCUT2D eigenvalue weighted by molar-refractivity contribution is 6.09. The minimum absolute atomic E-state index is 0.307. The number of nitrogens with zero attached hydrogens (tertiary/aromatic N) is 1. The zero-order valence-electron chi connectivity index (χ0n) is 18.6. The monoisotopic (exact) mass is 423 g/mol. The molecule has 0 amide bonds. The summed E-state index contributed by atoms with van der Waals surface area (Å²) in [5, 5.41) is 2.59. The summed E-state index contributed by atoms with van der Waals surface area (Å²) in [5.74, 6) is 0.307. The molecule has 158 valence electrons. The van der Waals surface area contributed by atoms with Crippen LogP contribution >= 0.6 is 0 Å². The van der Waals surface area contributed by atoms with E-state index in [9.17, 15) is 0 Å². The summed E-state index contributed by atoms with van der Waals surface area (Å²) in [6, 6.07) is 45.9. The van der Waals surface area contributed by atoms with E-state index in [4.69, 9.17) is 0 Å². The van der Waals surface area contributed by atoms with Crippen molar-refractivity contribution in [2.24, 2.45) is 0 Å². The molecule has 0 fully saturated rings. The fourth-order valence-corrected chi connectivity index (χ4v) is 4.90. The first kappa shape index (κ1) is 19.6. The van der Waals surface area contributed by atoms with Crippen molar-refractivity contribution in [1.29, 1.82) is 0 Å². The Morgan fingerprint density at radius 2 is 1.06 bits per heavy atom. The minimum atomic E-state index is 0.307. The first-order chi connectivity index (χ1) is 16.3. The van der Waals surface area contributed by atoms with Gasteiger partial charge in [0.05, 0.1) is 11.0 Å². The molecule has 1 atom stereocenters. The second-order valence-electron chi connectivity index (χ2n) is 8.67. The zero-order valence-corrected chi connectivity index (χ0v) is 18.6. The molecule has 1 heterocycles. The SMILES string of the molecule is C[C@H](c1ccc(-c2ccccc2)cc1)c1ccc2c3ccccc3n(-c3ccccc3)c2c1. The Balaban J connectivity index is 1.45. The summed E-state index contributed by atoms with van der Waals surface area (Å²) in [4.78, 5) is 0. The van der Waals surface area contributed by atoms with Crippen LogP contribution in [0.4, 0.5) is 0 Å². The number of hydrogen-bond donors (Lipinski definition) is 0. The van der Waals surface area contributed by atoms with E-state index in [-0.39, 0.29) is 0 Å². The predicted molar refractivity (Wildman–Crippen MR) is 140 cm³/mol. The average molecular weight is 424 g/mol. The maximum Gasteiger partial charge on any atom is 0.0544 e. The van der Waals surface area contributed by atoms with Crippen molar-refractivity contribution in [3.8, 4) is 16.8 Å². The van der Waals surface area contributed by atoms with Crippen molar-refractivity contribution in [2.45, 2.75) is 12.8 Å². The lowest BCUT2D eigenvalue weighted by Gasteiger charge is -2.15. The van der Waals surface area contributed by atoms with E-state index in [1.807, 2.05) is 0 Å². The summed E-state index contributed by atoms with van der Waals surface area (Å²) in [6.07, 6.45) is 0. The zero-order chi connectivity index (χ0) is 22.2. The van der Waals surface area contributed by atoms with Crippen molar-refractivity contribution < 1.29 is 0 Å². The Hall–Kier alpha value is -4.10. The third kappa shape index (κ3) is 3.43. The van der Waals surface area contributed by atoms with Gasteiger partial charge in [-0.15, -0.1) is 0 Å². The van der Waals surface area contributed by atoms with Gasteiger partial charge in [0.25, 0.3) is 0 Å². The van der Waals surface area contributed by atoms with E-state index in [1.54, 1.807) is 0 Å². The molecule has 1 heteroatoms. The molecule has 1 aromatic heterocycles. The Morgan fingerprint density at radius 1 is 0.485 bits per heavy atom. The van der Waals surface area contributed by atoms with Gasteiger partial charge < -0.3 is 4.57 Å². The van der Waals surface area contributed by atoms with Crippen LogP contribution in [0.3, 0.4) is 0 Å². The van der Waals surface area contributed by atoms with Gasteiger partial charge in [-0.1, -0.05) is 110 Å². The molecule has 1 nitrogen and oxygen atoms in total. The van der Waals surface area contributed by atoms with Crippen LogP contribution in [-0.2, 0) is 0 Å². The van der Waals surface area contributed by atoms with Gasteiger partial charge in [0, 0.05) is 22.4 Å². The van der Waals surface area contributed by atoms with Crippen LogP contribution in [0.25, 0.3) is 38.6 Å². The number of fused-ring (bicyclic) bond motifs is 3. The van der Waals surface area contributed by atoms with Crippen molar-refractivity contribution in [2.75, 3.05) is 0 Å². The van der Waals surface area contributed by atoms with Crippen LogP contribution in [0.15, 0.2) is 127 Å². The predicted octanol–water partition coefficient (Wildman–Crippen LogP) is 8.60. The van der Waals surface area contributed by atoms with Gasteiger partial charge in [0.15, 0.2) is 0 Å². The molecule has 5 aromatic carbocycles. The summed E-state index contributed by atoms with van der Waals surface area (Å²) in [5.41, 5.74) is 8.87. The van der Waals surface area contributed by atoms with E-state index < -0.39 is 0 Å². The van der Waals surface area contributed by atoms with Gasteiger partial charge in [0.1, 0.15) is 0 Å². The van der Waals surface area contributed by atoms with Crippen LogP contribution < -0.4 is 0 Å². The molecule has 0 bridgehead atoms. The molecule has 0 N–H and O–H groups in total. The van der Waals surface area contributed by atoms with E-state index >= 15 is 0 Å². The van der Waals surface area contributed by atoms with E-state index in [1.165, 1.54) is 49.7 Å². The fourth-order valence-electron chi connectivity index (χ4n) is 4.90. The maximum atomic E-state index is 2.39. The van der Waals surface area contributed by atoms with Gasteiger partial charge in [-0.25, -0.2) is 0 Å². The van der Waals surface area contributed by atoms with Gasteiger partial charge in [-0.2, -0.15) is 0 Å². The number of rotatable bonds is 4. The van der Waals surface area contributed by atoms with Crippen LogP contribution in [0.1, 0.15) is 24.0 Å². The molecule has 0 saturated heterocycles. The summed E-state index contributed by atoms with van der Waals surface area (Å²) < 4.78 is 2.39. The molecule has 0 unspecified atom stereocenters. The Labute approximate surface area is 194 Å². The highest BCUT2D eigenvalue weighted by Gasteiger charge is 2.15. The molecular formula is C32H25N. The van der Waals surface area contributed by atoms with Gasteiger partial charge in [0.2, 0.25) is 0 Å². The summed E-state index contributed by atoms with van der Waals surface area (Å²) in [7, 11) is 0. The Kier molecular flexibility index (Phi) is 4.81. The van der Waals surface area contributed by atoms with E-state index in [2.05, 4.69) is 139 Å². The maximum absolute atomic E-state index is 2.39. The smallest absolute Gasteiger partial charge is 0.0544 e. The topological polar surface area (TPSA) is 4.93 Å². The normalized spacial score (nSPS) is 12.3. The lowest BCUT2D eigenvalue weighted by Crippen LogP contribution is -1.98. The quantitative estimate of drug-likeness (QED) is 0.267. The molecule has 0 saturated carbocycles. The van der Waals surface area contributed by atoms with Crippen molar-refractivity contribution >= 4 is 21.8 Å². The molecular weight excluding hydrogens is 398 g/mol. The highest BCUT2D eigenvalue weighted by Crippen LogP contribution is 2.35. The van der Waals surface area contributed by atoms with Gasteiger partial charge in [-0.05, 0) is 46.5 Å². The lowest BCUT2D eigenvalue weighted by molar-refractivity contribution is 0.923. The summed E-state index contributed by atoms with van der Waals surface area (Å²) >= 11 is 0. The van der Waals surface area contributed by atoms with Crippen molar-refractivity contribution in [3.05, 3.63) is 139 Å². The molecule has 6 aromatic rings. The number of benzene rings is 5. The minimum Gasteiger partial charge on any atom is -0.309 e. The molecule has 0 radical (unpaired) electrons. The second-order valence-corrected chi connectivity index (χ2v) is 8.67. The number of hydrogen-bond acceptors (Lipinski definition) is 0. The summed E-state index contributed by atoms with van der Waals surface area (Å²) in [6.45, 7) is 2.30. The van der Waals surface area contributed by atoms with Crippen LogP contribution in [0, 0.1) is 0 Å². The molecule has 6 rings (SSSR count). The molecule has 0 aliphatic rings. The first-order valence-electron chi connectivity index (χ1n) is 11.5. The molecule has 0 spiro atoms. The lowest BCUT2D eigenvalue weighted by atomic mass is 9.91. The molecule has 33 heavy (non-hydrogen) atoms. The molecule has 0 aliphatic heterocycles. The number of aromatic nitrogens is 1. The van der Waals surface area contributed by atoms with E-state index in [0.29, 0.717) is 5.92 Å². The van der Waals surface area contributed by atoms with Crippen LogP contribution in [0.2, 0.25) is 0 Å². The van der Waals surface area contributed by atoms with Gasteiger partial charge >= 0.3 is 0 Å². The Bertz CT molecular complexity index is 1540. The number of para-hydroxylation sites is 2.